The summed E-state index contributed by atoms with van der Waals surface area (Å²) in [4.78, 5) is 2.26. The Bertz CT molecular complexity index is 271. The molecule has 0 aliphatic rings. The SMILES string of the molecule is COCCN(C)CCc1ccc(N)cc1. The van der Waals surface area contributed by atoms with Crippen molar-refractivity contribution in [1.29, 1.82) is 0 Å². The van der Waals surface area contributed by atoms with Crippen molar-refractivity contribution in [2.24, 2.45) is 0 Å². The molecule has 0 unspecified atom stereocenters. The van der Waals surface area contributed by atoms with Crippen molar-refractivity contribution < 1.29 is 4.74 Å². The third-order valence-electron chi connectivity index (χ3n) is 2.44. The van der Waals surface area contributed by atoms with E-state index in [-0.39, 0.29) is 0 Å². The van der Waals surface area contributed by atoms with Crippen LogP contribution in [0.2, 0.25) is 0 Å². The van der Waals surface area contributed by atoms with Gasteiger partial charge in [0.05, 0.1) is 6.61 Å². The first-order chi connectivity index (χ1) is 7.22. The average molecular weight is 208 g/mol. The van der Waals surface area contributed by atoms with Crippen molar-refractivity contribution in [3.05, 3.63) is 29.8 Å². The van der Waals surface area contributed by atoms with Crippen molar-refractivity contribution in [1.82, 2.24) is 4.90 Å². The highest BCUT2D eigenvalue weighted by Crippen LogP contribution is 2.06. The van der Waals surface area contributed by atoms with Crippen molar-refractivity contribution in [2.45, 2.75) is 6.42 Å². The Morgan fingerprint density at radius 1 is 1.20 bits per heavy atom. The Morgan fingerprint density at radius 2 is 1.87 bits per heavy atom. The molecule has 0 fully saturated rings. The number of hydrogen-bond acceptors (Lipinski definition) is 3. The van der Waals surface area contributed by atoms with Gasteiger partial charge in [0, 0.05) is 25.9 Å². The predicted molar refractivity (Wildman–Crippen MR) is 63.9 cm³/mol. The molecule has 1 rings (SSSR count). The lowest BCUT2D eigenvalue weighted by molar-refractivity contribution is 0.162. The summed E-state index contributed by atoms with van der Waals surface area (Å²) in [6, 6.07) is 8.06. The largest absolute Gasteiger partial charge is 0.399 e. The molecule has 84 valence electrons. The number of anilines is 1. The van der Waals surface area contributed by atoms with E-state index in [2.05, 4.69) is 24.1 Å². The Labute approximate surface area is 91.8 Å². The number of hydrogen-bond donors (Lipinski definition) is 1. The lowest BCUT2D eigenvalue weighted by Crippen LogP contribution is -2.25. The molecular weight excluding hydrogens is 188 g/mol. The fourth-order valence-corrected chi connectivity index (χ4v) is 1.36. The zero-order valence-electron chi connectivity index (χ0n) is 9.57. The summed E-state index contributed by atoms with van der Waals surface area (Å²) >= 11 is 0. The second kappa shape index (κ2) is 6.43. The summed E-state index contributed by atoms with van der Waals surface area (Å²) in [5.41, 5.74) is 7.77. The first kappa shape index (κ1) is 12.0. The molecule has 0 radical (unpaired) electrons. The molecule has 0 amide bonds. The normalized spacial score (nSPS) is 10.9. The van der Waals surface area contributed by atoms with Crippen LogP contribution in [0.5, 0.6) is 0 Å². The maximum Gasteiger partial charge on any atom is 0.0589 e. The second-order valence-electron chi connectivity index (χ2n) is 3.79. The number of methoxy groups -OCH3 is 1. The summed E-state index contributed by atoms with van der Waals surface area (Å²) in [6.07, 6.45) is 1.06. The Balaban J connectivity index is 2.27. The van der Waals surface area contributed by atoms with E-state index < -0.39 is 0 Å². The minimum atomic E-state index is 0.790. The minimum Gasteiger partial charge on any atom is -0.399 e. The van der Waals surface area contributed by atoms with Crippen molar-refractivity contribution >= 4 is 5.69 Å². The number of benzene rings is 1. The summed E-state index contributed by atoms with van der Waals surface area (Å²) in [6.45, 7) is 2.82. The van der Waals surface area contributed by atoms with Gasteiger partial charge < -0.3 is 15.4 Å². The molecule has 1 aromatic rings. The first-order valence-electron chi connectivity index (χ1n) is 5.24. The quantitative estimate of drug-likeness (QED) is 0.718. The van der Waals surface area contributed by atoms with Crippen LogP contribution < -0.4 is 5.73 Å². The van der Waals surface area contributed by atoms with Crippen molar-refractivity contribution in [3.8, 4) is 0 Å². The van der Waals surface area contributed by atoms with Gasteiger partial charge in [0.15, 0.2) is 0 Å². The van der Waals surface area contributed by atoms with Gasteiger partial charge in [-0.1, -0.05) is 12.1 Å². The molecule has 15 heavy (non-hydrogen) atoms. The van der Waals surface area contributed by atoms with Gasteiger partial charge >= 0.3 is 0 Å². The zero-order chi connectivity index (χ0) is 11.1. The molecule has 0 saturated heterocycles. The van der Waals surface area contributed by atoms with Crippen molar-refractivity contribution in [2.75, 3.05) is 39.6 Å². The molecule has 1 aromatic carbocycles. The predicted octanol–water partition coefficient (Wildman–Crippen LogP) is 1.39. The fraction of sp³-hybridized carbons (Fsp3) is 0.500. The van der Waals surface area contributed by atoms with E-state index in [0.29, 0.717) is 0 Å². The molecule has 0 saturated carbocycles. The lowest BCUT2D eigenvalue weighted by atomic mass is 10.1. The summed E-state index contributed by atoms with van der Waals surface area (Å²) in [5.74, 6) is 0. The van der Waals surface area contributed by atoms with E-state index in [9.17, 15) is 0 Å². The molecule has 0 aromatic heterocycles. The number of ether oxygens (including phenoxy) is 1. The van der Waals surface area contributed by atoms with E-state index in [0.717, 1.165) is 31.8 Å². The first-order valence-corrected chi connectivity index (χ1v) is 5.24. The number of rotatable bonds is 6. The molecule has 3 nitrogen and oxygen atoms in total. The lowest BCUT2D eigenvalue weighted by Gasteiger charge is -2.15. The smallest absolute Gasteiger partial charge is 0.0589 e. The van der Waals surface area contributed by atoms with Gasteiger partial charge in [-0.25, -0.2) is 0 Å². The minimum absolute atomic E-state index is 0.790. The Kier molecular flexibility index (Phi) is 5.15. The van der Waals surface area contributed by atoms with Gasteiger partial charge in [-0.05, 0) is 31.2 Å². The van der Waals surface area contributed by atoms with Gasteiger partial charge in [0.25, 0.3) is 0 Å². The second-order valence-corrected chi connectivity index (χ2v) is 3.79. The van der Waals surface area contributed by atoms with Crippen LogP contribution in [-0.2, 0) is 11.2 Å². The van der Waals surface area contributed by atoms with Crippen LogP contribution in [0.3, 0.4) is 0 Å². The molecule has 0 bridgehead atoms. The van der Waals surface area contributed by atoms with E-state index in [1.165, 1.54) is 5.56 Å². The van der Waals surface area contributed by atoms with Crippen LogP contribution in [0, 0.1) is 0 Å². The number of likely N-dealkylation sites (N-methyl/N-ethyl adjacent to an activating group) is 1. The third kappa shape index (κ3) is 4.81. The third-order valence-corrected chi connectivity index (χ3v) is 2.44. The van der Waals surface area contributed by atoms with Crippen LogP contribution in [-0.4, -0.2) is 38.8 Å². The fourth-order valence-electron chi connectivity index (χ4n) is 1.36. The molecule has 0 atom stereocenters. The average Bonchev–Trinajstić information content (AvgIpc) is 2.25. The van der Waals surface area contributed by atoms with E-state index >= 15 is 0 Å². The summed E-state index contributed by atoms with van der Waals surface area (Å²) in [5, 5.41) is 0. The molecular formula is C12H20N2O. The summed E-state index contributed by atoms with van der Waals surface area (Å²) in [7, 11) is 3.84. The van der Waals surface area contributed by atoms with Crippen molar-refractivity contribution in [3.63, 3.8) is 0 Å². The molecule has 0 spiro atoms. The topological polar surface area (TPSA) is 38.5 Å². The zero-order valence-corrected chi connectivity index (χ0v) is 9.57. The maximum atomic E-state index is 5.62. The van der Waals surface area contributed by atoms with E-state index in [4.69, 9.17) is 10.5 Å². The summed E-state index contributed by atoms with van der Waals surface area (Å²) < 4.78 is 5.02. The van der Waals surface area contributed by atoms with Crippen LogP contribution >= 0.6 is 0 Å². The van der Waals surface area contributed by atoms with Gasteiger partial charge in [-0.15, -0.1) is 0 Å². The van der Waals surface area contributed by atoms with Crippen LogP contribution in [0.25, 0.3) is 0 Å². The highest BCUT2D eigenvalue weighted by atomic mass is 16.5. The molecule has 2 N–H and O–H groups in total. The van der Waals surface area contributed by atoms with Crippen LogP contribution in [0.4, 0.5) is 5.69 Å². The number of nitrogens with zero attached hydrogens (tertiary/aromatic N) is 1. The van der Waals surface area contributed by atoms with Crippen LogP contribution in [0.1, 0.15) is 5.56 Å². The standard InChI is InChI=1S/C12H20N2O/c1-14(9-10-15-2)8-7-11-3-5-12(13)6-4-11/h3-6H,7-10,13H2,1-2H3. The van der Waals surface area contributed by atoms with Gasteiger partial charge in [0.1, 0.15) is 0 Å². The number of nitrogen functional groups attached to an aromatic ring is 1. The highest BCUT2D eigenvalue weighted by Gasteiger charge is 1.98. The number of nitrogens with two attached hydrogens (primary N) is 1. The Hall–Kier alpha value is -1.06. The van der Waals surface area contributed by atoms with E-state index in [1.54, 1.807) is 7.11 Å². The molecule has 0 heterocycles. The molecule has 0 aliphatic carbocycles. The highest BCUT2D eigenvalue weighted by molar-refractivity contribution is 5.39. The van der Waals surface area contributed by atoms with Gasteiger partial charge in [-0.2, -0.15) is 0 Å². The monoisotopic (exact) mass is 208 g/mol. The Morgan fingerprint density at radius 3 is 2.47 bits per heavy atom. The van der Waals surface area contributed by atoms with Gasteiger partial charge in [-0.3, -0.25) is 0 Å². The van der Waals surface area contributed by atoms with Gasteiger partial charge in [0.2, 0.25) is 0 Å². The molecule has 3 heteroatoms. The molecule has 0 aliphatic heterocycles. The van der Waals surface area contributed by atoms with Crippen LogP contribution in [0.15, 0.2) is 24.3 Å². The van der Waals surface area contributed by atoms with E-state index in [1.807, 2.05) is 12.1 Å². The maximum absolute atomic E-state index is 5.62.